The molecule has 0 radical (unpaired) electrons. The second-order valence-electron chi connectivity index (χ2n) is 4.77. The predicted molar refractivity (Wildman–Crippen MR) is 82.9 cm³/mol. The van der Waals surface area contributed by atoms with Gasteiger partial charge in [-0.05, 0) is 52.0 Å². The third kappa shape index (κ3) is 3.26. The SMILES string of the molecule is Cc1cc(Oc2nc(NN)ncc2Br)ccc1C(C)C. The Balaban J connectivity index is 2.28. The predicted octanol–water partition coefficient (Wildman–Crippen LogP) is 3.75. The zero-order valence-corrected chi connectivity index (χ0v) is 13.2. The number of nitrogens with one attached hydrogen (secondary N) is 1. The number of aryl methyl sites for hydroxylation is 1. The van der Waals surface area contributed by atoms with Crippen LogP contribution in [0.3, 0.4) is 0 Å². The molecule has 1 heterocycles. The molecule has 5 nitrogen and oxygen atoms in total. The number of hydrazine groups is 1. The smallest absolute Gasteiger partial charge is 0.240 e. The Morgan fingerprint density at radius 1 is 1.35 bits per heavy atom. The number of ether oxygens (including phenoxy) is 1. The lowest BCUT2D eigenvalue weighted by atomic mass is 9.98. The maximum atomic E-state index is 5.77. The van der Waals surface area contributed by atoms with Crippen LogP contribution < -0.4 is 16.0 Å². The molecule has 20 heavy (non-hydrogen) atoms. The van der Waals surface area contributed by atoms with Crippen LogP contribution in [0.2, 0.25) is 0 Å². The standard InChI is InChI=1S/C14H17BrN4O/c1-8(2)11-5-4-10(6-9(11)3)20-13-12(15)7-17-14(18-13)19-16/h4-8H,16H2,1-3H3,(H,17,18,19). The molecule has 0 saturated carbocycles. The van der Waals surface area contributed by atoms with E-state index in [-0.39, 0.29) is 0 Å². The van der Waals surface area contributed by atoms with Gasteiger partial charge in [-0.25, -0.2) is 10.8 Å². The highest BCUT2D eigenvalue weighted by Crippen LogP contribution is 2.30. The number of anilines is 1. The van der Waals surface area contributed by atoms with E-state index in [9.17, 15) is 0 Å². The van der Waals surface area contributed by atoms with E-state index in [1.54, 1.807) is 6.20 Å². The number of rotatable bonds is 4. The number of nitrogen functional groups attached to an aromatic ring is 1. The molecule has 6 heteroatoms. The Morgan fingerprint density at radius 2 is 2.10 bits per heavy atom. The number of benzene rings is 1. The molecule has 0 bridgehead atoms. The molecule has 0 aliphatic carbocycles. The summed E-state index contributed by atoms with van der Waals surface area (Å²) in [4.78, 5) is 8.14. The highest BCUT2D eigenvalue weighted by Gasteiger charge is 2.09. The van der Waals surface area contributed by atoms with E-state index in [1.165, 1.54) is 11.1 Å². The summed E-state index contributed by atoms with van der Waals surface area (Å²) in [5.41, 5.74) is 4.90. The van der Waals surface area contributed by atoms with Crippen molar-refractivity contribution in [2.75, 3.05) is 5.43 Å². The molecular weight excluding hydrogens is 320 g/mol. The molecule has 0 aliphatic rings. The summed E-state index contributed by atoms with van der Waals surface area (Å²) >= 11 is 3.35. The molecule has 0 spiro atoms. The first-order valence-corrected chi connectivity index (χ1v) is 7.08. The Bertz CT molecular complexity index is 616. The van der Waals surface area contributed by atoms with Crippen molar-refractivity contribution in [3.63, 3.8) is 0 Å². The van der Waals surface area contributed by atoms with Gasteiger partial charge in [0.05, 0.1) is 10.7 Å². The second kappa shape index (κ2) is 6.19. The van der Waals surface area contributed by atoms with Crippen molar-refractivity contribution in [2.24, 2.45) is 5.84 Å². The highest BCUT2D eigenvalue weighted by atomic mass is 79.9. The molecule has 106 valence electrons. The van der Waals surface area contributed by atoms with Crippen molar-refractivity contribution < 1.29 is 4.74 Å². The third-order valence-corrected chi connectivity index (χ3v) is 3.46. The molecule has 0 unspecified atom stereocenters. The van der Waals surface area contributed by atoms with E-state index in [0.717, 1.165) is 5.75 Å². The van der Waals surface area contributed by atoms with Crippen molar-refractivity contribution in [1.82, 2.24) is 9.97 Å². The van der Waals surface area contributed by atoms with Crippen LogP contribution in [-0.2, 0) is 0 Å². The fourth-order valence-corrected chi connectivity index (χ4v) is 2.24. The molecule has 0 aliphatic heterocycles. The average Bonchev–Trinajstić information content (AvgIpc) is 2.41. The first-order valence-electron chi connectivity index (χ1n) is 6.29. The quantitative estimate of drug-likeness (QED) is 0.657. The zero-order chi connectivity index (χ0) is 14.7. The largest absolute Gasteiger partial charge is 0.438 e. The Morgan fingerprint density at radius 3 is 2.70 bits per heavy atom. The summed E-state index contributed by atoms with van der Waals surface area (Å²) in [6.07, 6.45) is 1.59. The molecule has 1 aromatic heterocycles. The van der Waals surface area contributed by atoms with E-state index < -0.39 is 0 Å². The minimum atomic E-state index is 0.304. The minimum Gasteiger partial charge on any atom is -0.438 e. The maximum Gasteiger partial charge on any atom is 0.240 e. The van der Waals surface area contributed by atoms with Gasteiger partial charge in [-0.15, -0.1) is 0 Å². The number of nitrogens with two attached hydrogens (primary N) is 1. The Kier molecular flexibility index (Phi) is 4.57. The molecule has 0 atom stereocenters. The molecule has 2 aromatic rings. The first kappa shape index (κ1) is 14.7. The number of nitrogens with zero attached hydrogens (tertiary/aromatic N) is 2. The molecule has 1 aromatic carbocycles. The lowest BCUT2D eigenvalue weighted by Crippen LogP contribution is -2.10. The van der Waals surface area contributed by atoms with E-state index in [1.807, 2.05) is 12.1 Å². The topological polar surface area (TPSA) is 73.1 Å². The average molecular weight is 337 g/mol. The van der Waals surface area contributed by atoms with Crippen molar-refractivity contribution in [2.45, 2.75) is 26.7 Å². The molecule has 0 amide bonds. The van der Waals surface area contributed by atoms with Crippen molar-refractivity contribution in [1.29, 1.82) is 0 Å². The van der Waals surface area contributed by atoms with Crippen LogP contribution in [-0.4, -0.2) is 9.97 Å². The summed E-state index contributed by atoms with van der Waals surface area (Å²) < 4.78 is 6.44. The Labute approximate surface area is 126 Å². The van der Waals surface area contributed by atoms with Crippen molar-refractivity contribution >= 4 is 21.9 Å². The molecule has 2 rings (SSSR count). The molecule has 3 N–H and O–H groups in total. The lowest BCUT2D eigenvalue weighted by molar-refractivity contribution is 0.458. The second-order valence-corrected chi connectivity index (χ2v) is 5.62. The van der Waals surface area contributed by atoms with E-state index in [4.69, 9.17) is 10.6 Å². The number of aromatic nitrogens is 2. The number of hydrogen-bond donors (Lipinski definition) is 2. The zero-order valence-electron chi connectivity index (χ0n) is 11.6. The normalized spacial score (nSPS) is 10.7. The summed E-state index contributed by atoms with van der Waals surface area (Å²) in [6, 6.07) is 6.01. The van der Waals surface area contributed by atoms with Gasteiger partial charge in [-0.1, -0.05) is 19.9 Å². The number of halogens is 1. The van der Waals surface area contributed by atoms with E-state index in [2.05, 4.69) is 58.2 Å². The summed E-state index contributed by atoms with van der Waals surface area (Å²) in [6.45, 7) is 6.41. The molecule has 0 fully saturated rings. The van der Waals surface area contributed by atoms with Crippen LogP contribution in [0, 0.1) is 6.92 Å². The minimum absolute atomic E-state index is 0.304. The van der Waals surface area contributed by atoms with Crippen LogP contribution in [0.15, 0.2) is 28.9 Å². The molecule has 0 saturated heterocycles. The van der Waals surface area contributed by atoms with Crippen LogP contribution >= 0.6 is 15.9 Å². The maximum absolute atomic E-state index is 5.77. The van der Waals surface area contributed by atoms with Gasteiger partial charge in [0.1, 0.15) is 5.75 Å². The van der Waals surface area contributed by atoms with Gasteiger partial charge in [0.2, 0.25) is 11.8 Å². The summed E-state index contributed by atoms with van der Waals surface area (Å²) in [5, 5.41) is 0. The van der Waals surface area contributed by atoms with Crippen LogP contribution in [0.4, 0.5) is 5.95 Å². The van der Waals surface area contributed by atoms with Gasteiger partial charge in [0.15, 0.2) is 0 Å². The third-order valence-electron chi connectivity index (χ3n) is 2.92. The summed E-state index contributed by atoms with van der Waals surface area (Å²) in [5.74, 6) is 7.24. The van der Waals surface area contributed by atoms with Crippen LogP contribution in [0.1, 0.15) is 30.9 Å². The van der Waals surface area contributed by atoms with E-state index in [0.29, 0.717) is 22.2 Å². The van der Waals surface area contributed by atoms with Gasteiger partial charge >= 0.3 is 0 Å². The van der Waals surface area contributed by atoms with Gasteiger partial charge in [0, 0.05) is 0 Å². The van der Waals surface area contributed by atoms with Gasteiger partial charge in [-0.3, -0.25) is 5.43 Å². The van der Waals surface area contributed by atoms with Gasteiger partial charge < -0.3 is 4.74 Å². The fourth-order valence-electron chi connectivity index (χ4n) is 1.96. The number of hydrogen-bond acceptors (Lipinski definition) is 5. The Hall–Kier alpha value is -1.66. The monoisotopic (exact) mass is 336 g/mol. The van der Waals surface area contributed by atoms with Crippen molar-refractivity contribution in [3.8, 4) is 11.6 Å². The fraction of sp³-hybridized carbons (Fsp3) is 0.286. The summed E-state index contributed by atoms with van der Waals surface area (Å²) in [7, 11) is 0. The molecular formula is C14H17BrN4O. The van der Waals surface area contributed by atoms with Crippen LogP contribution in [0.25, 0.3) is 0 Å². The van der Waals surface area contributed by atoms with E-state index >= 15 is 0 Å². The highest BCUT2D eigenvalue weighted by molar-refractivity contribution is 9.10. The van der Waals surface area contributed by atoms with Crippen LogP contribution in [0.5, 0.6) is 11.6 Å². The van der Waals surface area contributed by atoms with Crippen molar-refractivity contribution in [3.05, 3.63) is 40.0 Å². The van der Waals surface area contributed by atoms with Gasteiger partial charge in [0.25, 0.3) is 0 Å². The van der Waals surface area contributed by atoms with Gasteiger partial charge in [-0.2, -0.15) is 4.98 Å². The first-order chi connectivity index (χ1) is 9.51. The lowest BCUT2D eigenvalue weighted by Gasteiger charge is -2.12.